The first-order chi connectivity index (χ1) is 12.0. The number of H-pyrrole nitrogens is 1. The largest absolute Gasteiger partial charge is 0.482 e. The van der Waals surface area contributed by atoms with Gasteiger partial charge >= 0.3 is 5.97 Å². The van der Waals surface area contributed by atoms with Crippen LogP contribution >= 0.6 is 15.9 Å². The molecule has 1 atom stereocenters. The molecule has 128 valence electrons. The normalized spacial score (nSPS) is 11.9. The highest BCUT2D eigenvalue weighted by Gasteiger charge is 2.22. The first-order valence-corrected chi connectivity index (χ1v) is 8.52. The number of fused-ring (bicyclic) bond motifs is 1. The second-order valence-corrected chi connectivity index (χ2v) is 6.40. The van der Waals surface area contributed by atoms with Gasteiger partial charge in [0.15, 0.2) is 12.7 Å². The van der Waals surface area contributed by atoms with Crippen molar-refractivity contribution in [1.82, 2.24) is 4.98 Å². The number of ether oxygens (including phenoxy) is 2. The molecule has 25 heavy (non-hydrogen) atoms. The molecule has 0 radical (unpaired) electrons. The van der Waals surface area contributed by atoms with E-state index in [1.165, 1.54) is 0 Å². The van der Waals surface area contributed by atoms with Crippen LogP contribution in [0.3, 0.4) is 0 Å². The molecule has 0 aliphatic heterocycles. The Kier molecular flexibility index (Phi) is 5.19. The molecule has 0 amide bonds. The number of Topliss-reactive ketones (excluding diaryl/α,β-unsaturated/α-hetero) is 1. The molecule has 1 aromatic heterocycles. The quantitative estimate of drug-likeness (QED) is 0.498. The topological polar surface area (TPSA) is 68.4 Å². The highest BCUT2D eigenvalue weighted by molar-refractivity contribution is 9.10. The number of halogens is 1. The molecule has 0 saturated heterocycles. The summed E-state index contributed by atoms with van der Waals surface area (Å²) in [6.07, 6.45) is 0.746. The second kappa shape index (κ2) is 7.53. The SMILES string of the molecule is CC(OC(=O)COc1ccc(Br)cc1)C(=O)c1c[nH]c2ccccc12. The molecule has 5 nitrogen and oxygen atoms in total. The molecular formula is C19H16BrNO4. The number of esters is 1. The lowest BCUT2D eigenvalue weighted by Gasteiger charge is -2.12. The van der Waals surface area contributed by atoms with Crippen molar-refractivity contribution in [3.05, 3.63) is 64.8 Å². The maximum absolute atomic E-state index is 12.5. The summed E-state index contributed by atoms with van der Waals surface area (Å²) in [5.74, 6) is -0.297. The predicted octanol–water partition coefficient (Wildman–Crippen LogP) is 4.12. The highest BCUT2D eigenvalue weighted by Crippen LogP contribution is 2.20. The lowest BCUT2D eigenvalue weighted by molar-refractivity contribution is -0.148. The van der Waals surface area contributed by atoms with E-state index in [1.54, 1.807) is 25.3 Å². The number of carbonyl (C=O) groups is 2. The van der Waals surface area contributed by atoms with Crippen LogP contribution in [0.1, 0.15) is 17.3 Å². The van der Waals surface area contributed by atoms with Crippen molar-refractivity contribution in [2.45, 2.75) is 13.0 Å². The van der Waals surface area contributed by atoms with Gasteiger partial charge in [0, 0.05) is 27.1 Å². The summed E-state index contributed by atoms with van der Waals surface area (Å²) in [4.78, 5) is 27.5. The van der Waals surface area contributed by atoms with Crippen molar-refractivity contribution < 1.29 is 19.1 Å². The zero-order chi connectivity index (χ0) is 17.8. The third-order valence-corrected chi connectivity index (χ3v) is 4.23. The third-order valence-electron chi connectivity index (χ3n) is 3.70. The summed E-state index contributed by atoms with van der Waals surface area (Å²) >= 11 is 3.32. The van der Waals surface area contributed by atoms with Crippen LogP contribution < -0.4 is 4.74 Å². The number of rotatable bonds is 6. The molecule has 0 fully saturated rings. The van der Waals surface area contributed by atoms with Crippen molar-refractivity contribution >= 4 is 38.6 Å². The van der Waals surface area contributed by atoms with Gasteiger partial charge in [0.25, 0.3) is 0 Å². The molecule has 0 bridgehead atoms. The van der Waals surface area contributed by atoms with E-state index < -0.39 is 12.1 Å². The van der Waals surface area contributed by atoms with Crippen molar-refractivity contribution in [2.24, 2.45) is 0 Å². The number of nitrogens with one attached hydrogen (secondary N) is 1. The molecule has 3 rings (SSSR count). The van der Waals surface area contributed by atoms with Crippen molar-refractivity contribution in [3.63, 3.8) is 0 Å². The molecule has 6 heteroatoms. The minimum Gasteiger partial charge on any atom is -0.482 e. The number of benzene rings is 2. The lowest BCUT2D eigenvalue weighted by atomic mass is 10.1. The van der Waals surface area contributed by atoms with Crippen LogP contribution in [0.4, 0.5) is 0 Å². The standard InChI is InChI=1S/C19H16BrNO4/c1-12(19(23)16-10-21-17-5-3-2-4-15(16)17)25-18(22)11-24-14-8-6-13(20)7-9-14/h2-10,12,21H,11H2,1H3. The fourth-order valence-electron chi connectivity index (χ4n) is 2.45. The maximum atomic E-state index is 12.5. The molecule has 0 aliphatic carbocycles. The molecular weight excluding hydrogens is 386 g/mol. The Morgan fingerprint density at radius 1 is 1.12 bits per heavy atom. The molecule has 1 unspecified atom stereocenters. The third kappa shape index (κ3) is 4.09. The summed E-state index contributed by atoms with van der Waals surface area (Å²) in [5, 5.41) is 0.807. The van der Waals surface area contributed by atoms with Gasteiger partial charge in [-0.1, -0.05) is 34.1 Å². The number of carbonyl (C=O) groups excluding carboxylic acids is 2. The van der Waals surface area contributed by atoms with Gasteiger partial charge in [0.05, 0.1) is 0 Å². The molecule has 0 aliphatic rings. The first-order valence-electron chi connectivity index (χ1n) is 7.73. The van der Waals surface area contributed by atoms with E-state index in [0.717, 1.165) is 15.4 Å². The minimum atomic E-state index is -0.889. The van der Waals surface area contributed by atoms with Gasteiger partial charge < -0.3 is 14.5 Å². The average Bonchev–Trinajstić information content (AvgIpc) is 3.04. The number of para-hydroxylation sites is 1. The van der Waals surface area contributed by atoms with Gasteiger partial charge in [-0.15, -0.1) is 0 Å². The molecule has 0 saturated carbocycles. The first kappa shape index (κ1) is 17.2. The second-order valence-electron chi connectivity index (χ2n) is 5.49. The smallest absolute Gasteiger partial charge is 0.344 e. The number of aromatic nitrogens is 1. The summed E-state index contributed by atoms with van der Waals surface area (Å²) in [5.41, 5.74) is 1.37. The fourth-order valence-corrected chi connectivity index (χ4v) is 2.72. The molecule has 1 N–H and O–H groups in total. The number of hydrogen-bond donors (Lipinski definition) is 1. The average molecular weight is 402 g/mol. The van der Waals surface area contributed by atoms with Crippen molar-refractivity contribution in [2.75, 3.05) is 6.61 Å². The number of hydrogen-bond acceptors (Lipinski definition) is 4. The monoisotopic (exact) mass is 401 g/mol. The molecule has 1 heterocycles. The van der Waals surface area contributed by atoms with Crippen LogP contribution in [0.2, 0.25) is 0 Å². The van der Waals surface area contributed by atoms with Crippen molar-refractivity contribution in [1.29, 1.82) is 0 Å². The van der Waals surface area contributed by atoms with E-state index in [4.69, 9.17) is 9.47 Å². The van der Waals surface area contributed by atoms with E-state index in [1.807, 2.05) is 36.4 Å². The number of ketones is 1. The van der Waals surface area contributed by atoms with Crippen LogP contribution in [0, 0.1) is 0 Å². The van der Waals surface area contributed by atoms with E-state index in [0.29, 0.717) is 11.3 Å². The lowest BCUT2D eigenvalue weighted by Crippen LogP contribution is -2.27. The minimum absolute atomic E-state index is 0.255. The van der Waals surface area contributed by atoms with Crippen molar-refractivity contribution in [3.8, 4) is 5.75 Å². The summed E-state index contributed by atoms with van der Waals surface area (Å²) < 4.78 is 11.5. The van der Waals surface area contributed by atoms with Crippen LogP contribution in [0.25, 0.3) is 10.9 Å². The summed E-state index contributed by atoms with van der Waals surface area (Å²) in [6.45, 7) is 1.30. The Morgan fingerprint density at radius 3 is 2.60 bits per heavy atom. The van der Waals surface area contributed by atoms with Gasteiger partial charge in [0.1, 0.15) is 5.75 Å². The molecule has 2 aromatic carbocycles. The molecule has 3 aromatic rings. The zero-order valence-electron chi connectivity index (χ0n) is 13.5. The Hall–Kier alpha value is -2.60. The van der Waals surface area contributed by atoms with Gasteiger partial charge in [-0.25, -0.2) is 4.79 Å². The summed E-state index contributed by atoms with van der Waals surface area (Å²) in [6, 6.07) is 14.6. The van der Waals surface area contributed by atoms with Gasteiger partial charge in [-0.2, -0.15) is 0 Å². The highest BCUT2D eigenvalue weighted by atomic mass is 79.9. The Bertz CT molecular complexity index is 901. The van der Waals surface area contributed by atoms with E-state index in [-0.39, 0.29) is 12.4 Å². The Balaban J connectivity index is 1.59. The van der Waals surface area contributed by atoms with Gasteiger partial charge in [-0.3, -0.25) is 4.79 Å². The fraction of sp³-hybridized carbons (Fsp3) is 0.158. The Morgan fingerprint density at radius 2 is 1.84 bits per heavy atom. The van der Waals surface area contributed by atoms with Gasteiger partial charge in [-0.05, 0) is 37.3 Å². The maximum Gasteiger partial charge on any atom is 0.344 e. The van der Waals surface area contributed by atoms with Crippen LogP contribution in [0.15, 0.2) is 59.2 Å². The summed E-state index contributed by atoms with van der Waals surface area (Å²) in [7, 11) is 0. The van der Waals surface area contributed by atoms with E-state index in [2.05, 4.69) is 20.9 Å². The van der Waals surface area contributed by atoms with Crippen LogP contribution in [0.5, 0.6) is 5.75 Å². The van der Waals surface area contributed by atoms with Gasteiger partial charge in [0.2, 0.25) is 5.78 Å². The van der Waals surface area contributed by atoms with Crippen LogP contribution in [-0.4, -0.2) is 29.4 Å². The van der Waals surface area contributed by atoms with E-state index in [9.17, 15) is 9.59 Å². The predicted molar refractivity (Wildman–Crippen MR) is 97.8 cm³/mol. The van der Waals surface area contributed by atoms with E-state index >= 15 is 0 Å². The Labute approximate surface area is 153 Å². The van der Waals surface area contributed by atoms with Crippen LogP contribution in [-0.2, 0) is 9.53 Å². The number of aromatic amines is 1. The zero-order valence-corrected chi connectivity index (χ0v) is 15.1. The molecule has 0 spiro atoms.